The Morgan fingerprint density at radius 2 is 1.52 bits per heavy atom. The highest BCUT2D eigenvalue weighted by Crippen LogP contribution is 2.34. The van der Waals surface area contributed by atoms with E-state index < -0.39 is 129 Å². The van der Waals surface area contributed by atoms with E-state index in [0.717, 1.165) is 20.8 Å². The van der Waals surface area contributed by atoms with E-state index in [9.17, 15) is 64.8 Å². The van der Waals surface area contributed by atoms with Crippen LogP contribution in [0.4, 0.5) is 0 Å². The van der Waals surface area contributed by atoms with Crippen molar-refractivity contribution in [1.29, 1.82) is 0 Å². The number of carboxylic acid groups (broad SMARTS) is 2. The molecule has 0 spiro atoms. The number of amides is 3. The second kappa shape index (κ2) is 15.8. The van der Waals surface area contributed by atoms with E-state index in [0.29, 0.717) is 0 Å². The standard InChI is InChI=1S/C24H39N3O17/c1-8(29)25-11(21(37)38)6-41-22-16(27-10(3)31)19(36)18(35)14(43-22)7-42-24(23(39)40)4-12(32)15(26-9(2)30)20(44-24)17(34)13(33)5-28/h11-20,22,28,32-36H,4-7H2,1-3H3,(H,25,29)(H,26,30)(H,27,31)(H,37,38)(H,39,40)/t11-,12?,13+,14?,15?,16?,17+,18?,19?,20?,22?,24?/m0/s1. The van der Waals surface area contributed by atoms with Gasteiger partial charge in [-0.25, -0.2) is 9.59 Å². The third-order valence-corrected chi connectivity index (χ3v) is 6.84. The SMILES string of the molecule is CC(=O)NC1C(OC[C@H](NC(C)=O)C(=O)O)OC(COC2(C(=O)O)CC(O)C(NC(C)=O)C([C@H](O)[C@H](O)CO)O2)C(O)C1O. The molecule has 2 rings (SSSR count). The third-order valence-electron chi connectivity index (χ3n) is 6.84. The molecule has 2 aliphatic heterocycles. The largest absolute Gasteiger partial charge is 0.480 e. The molecule has 12 atom stereocenters. The minimum Gasteiger partial charge on any atom is -0.480 e. The van der Waals surface area contributed by atoms with Gasteiger partial charge in [-0.05, 0) is 0 Å². The molecule has 2 aliphatic rings. The number of hydrogen-bond acceptors (Lipinski definition) is 15. The lowest BCUT2D eigenvalue weighted by molar-refractivity contribution is -0.330. The first-order chi connectivity index (χ1) is 20.4. The number of carboxylic acids is 2. The first kappa shape index (κ1) is 37.1. The fourth-order valence-corrected chi connectivity index (χ4v) is 4.70. The Labute approximate surface area is 249 Å². The Hall–Kier alpha value is -3.05. The van der Waals surface area contributed by atoms with Gasteiger partial charge in [0.25, 0.3) is 5.79 Å². The highest BCUT2D eigenvalue weighted by molar-refractivity contribution is 5.82. The van der Waals surface area contributed by atoms with Crippen molar-refractivity contribution in [2.24, 2.45) is 0 Å². The predicted molar refractivity (Wildman–Crippen MR) is 138 cm³/mol. The molecule has 2 fully saturated rings. The summed E-state index contributed by atoms with van der Waals surface area (Å²) < 4.78 is 22.0. The van der Waals surface area contributed by atoms with Gasteiger partial charge in [0.1, 0.15) is 42.7 Å². The van der Waals surface area contributed by atoms with Crippen molar-refractivity contribution >= 4 is 29.7 Å². The van der Waals surface area contributed by atoms with Crippen molar-refractivity contribution in [1.82, 2.24) is 16.0 Å². The van der Waals surface area contributed by atoms with Crippen molar-refractivity contribution < 1.29 is 83.8 Å². The number of carbonyl (C=O) groups is 5. The first-order valence-corrected chi connectivity index (χ1v) is 13.3. The lowest BCUT2D eigenvalue weighted by atomic mass is 9.88. The number of aliphatic hydroxyl groups is 6. The van der Waals surface area contributed by atoms with E-state index >= 15 is 0 Å². The van der Waals surface area contributed by atoms with Crippen molar-refractivity contribution in [2.75, 3.05) is 19.8 Å². The van der Waals surface area contributed by atoms with Gasteiger partial charge in [0, 0.05) is 27.2 Å². The number of aliphatic hydroxyl groups excluding tert-OH is 6. The van der Waals surface area contributed by atoms with E-state index in [1.54, 1.807) is 0 Å². The smallest absolute Gasteiger partial charge is 0.364 e. The molecule has 0 bridgehead atoms. The molecule has 20 heteroatoms. The fraction of sp³-hybridized carbons (Fsp3) is 0.792. The second-order valence-corrected chi connectivity index (χ2v) is 10.4. The van der Waals surface area contributed by atoms with E-state index in [1.807, 2.05) is 0 Å². The molecule has 0 aromatic rings. The van der Waals surface area contributed by atoms with Gasteiger partial charge in [0.15, 0.2) is 12.3 Å². The van der Waals surface area contributed by atoms with Crippen LogP contribution in [0, 0.1) is 0 Å². The summed E-state index contributed by atoms with van der Waals surface area (Å²) >= 11 is 0. The molecule has 11 N–H and O–H groups in total. The molecule has 0 aromatic carbocycles. The lowest BCUT2D eigenvalue weighted by Gasteiger charge is -2.47. The van der Waals surface area contributed by atoms with Crippen LogP contribution in [0.2, 0.25) is 0 Å². The minimum atomic E-state index is -2.81. The number of aliphatic carboxylic acids is 2. The minimum absolute atomic E-state index is 0.706. The summed E-state index contributed by atoms with van der Waals surface area (Å²) in [6, 6.07) is -4.54. The monoisotopic (exact) mass is 641 g/mol. The summed E-state index contributed by atoms with van der Waals surface area (Å²) in [4.78, 5) is 58.7. The Morgan fingerprint density at radius 3 is 2.02 bits per heavy atom. The first-order valence-electron chi connectivity index (χ1n) is 13.3. The molecule has 0 radical (unpaired) electrons. The van der Waals surface area contributed by atoms with E-state index in [2.05, 4.69) is 16.0 Å². The maximum Gasteiger partial charge on any atom is 0.364 e. The third kappa shape index (κ3) is 9.23. The molecular weight excluding hydrogens is 602 g/mol. The van der Waals surface area contributed by atoms with Crippen LogP contribution >= 0.6 is 0 Å². The van der Waals surface area contributed by atoms with Crippen LogP contribution < -0.4 is 16.0 Å². The van der Waals surface area contributed by atoms with Crippen LogP contribution in [0.1, 0.15) is 27.2 Å². The van der Waals surface area contributed by atoms with Gasteiger partial charge in [-0.1, -0.05) is 0 Å². The van der Waals surface area contributed by atoms with Crippen LogP contribution in [0.3, 0.4) is 0 Å². The summed E-state index contributed by atoms with van der Waals surface area (Å²) in [7, 11) is 0. The average Bonchev–Trinajstić information content (AvgIpc) is 2.93. The Balaban J connectivity index is 2.33. The number of nitrogens with one attached hydrogen (secondary N) is 3. The molecule has 9 unspecified atom stereocenters. The van der Waals surface area contributed by atoms with Gasteiger partial charge < -0.3 is 75.8 Å². The molecular formula is C24H39N3O17. The van der Waals surface area contributed by atoms with Gasteiger partial charge in [-0.3, -0.25) is 14.4 Å². The average molecular weight is 642 g/mol. The van der Waals surface area contributed by atoms with Gasteiger partial charge in [-0.15, -0.1) is 0 Å². The van der Waals surface area contributed by atoms with Crippen molar-refractivity contribution in [3.63, 3.8) is 0 Å². The second-order valence-electron chi connectivity index (χ2n) is 10.4. The summed E-state index contributed by atoms with van der Waals surface area (Å²) in [6.45, 7) is 0.509. The number of carbonyl (C=O) groups excluding carboxylic acids is 3. The maximum absolute atomic E-state index is 12.4. The summed E-state index contributed by atoms with van der Waals surface area (Å²) in [5.74, 6) is -8.30. The quantitative estimate of drug-likeness (QED) is 0.0840. The van der Waals surface area contributed by atoms with E-state index in [-0.39, 0.29) is 0 Å². The summed E-state index contributed by atoms with van der Waals surface area (Å²) in [5, 5.41) is 88.0. The lowest BCUT2D eigenvalue weighted by Crippen LogP contribution is -2.69. The van der Waals surface area contributed by atoms with E-state index in [4.69, 9.17) is 18.9 Å². The van der Waals surface area contributed by atoms with Crippen LogP contribution in [-0.4, -0.2) is 163 Å². The summed E-state index contributed by atoms with van der Waals surface area (Å²) in [6.07, 6.45) is -15.5. The van der Waals surface area contributed by atoms with E-state index in [1.165, 1.54) is 0 Å². The Kier molecular flexibility index (Phi) is 13.3. The van der Waals surface area contributed by atoms with Crippen molar-refractivity contribution in [3.05, 3.63) is 0 Å². The number of ether oxygens (including phenoxy) is 4. The predicted octanol–water partition coefficient (Wildman–Crippen LogP) is -6.29. The van der Waals surface area contributed by atoms with Crippen molar-refractivity contribution in [2.45, 2.75) is 100 Å². The highest BCUT2D eigenvalue weighted by Gasteiger charge is 2.57. The van der Waals surface area contributed by atoms with Crippen LogP contribution in [-0.2, 0) is 42.9 Å². The zero-order chi connectivity index (χ0) is 33.5. The van der Waals surface area contributed by atoms with Crippen LogP contribution in [0.5, 0.6) is 0 Å². The Morgan fingerprint density at radius 1 is 0.932 bits per heavy atom. The van der Waals surface area contributed by atoms with Crippen molar-refractivity contribution in [3.8, 4) is 0 Å². The van der Waals surface area contributed by atoms with Gasteiger partial charge in [0.05, 0.1) is 32.0 Å². The number of rotatable bonds is 14. The maximum atomic E-state index is 12.4. The normalized spacial score (nSPS) is 34.2. The topological polar surface area (TPSA) is 320 Å². The molecule has 20 nitrogen and oxygen atoms in total. The zero-order valence-corrected chi connectivity index (χ0v) is 23.9. The summed E-state index contributed by atoms with van der Waals surface area (Å²) in [5.41, 5.74) is 0. The Bertz CT molecular complexity index is 1050. The molecule has 2 heterocycles. The molecule has 3 amide bonds. The molecule has 252 valence electrons. The molecule has 44 heavy (non-hydrogen) atoms. The molecule has 0 aromatic heterocycles. The van der Waals surface area contributed by atoms with Crippen LogP contribution in [0.25, 0.3) is 0 Å². The van der Waals surface area contributed by atoms with Gasteiger partial charge in [-0.2, -0.15) is 0 Å². The zero-order valence-electron chi connectivity index (χ0n) is 23.9. The van der Waals surface area contributed by atoms with Crippen LogP contribution in [0.15, 0.2) is 0 Å². The number of hydrogen-bond donors (Lipinski definition) is 11. The highest BCUT2D eigenvalue weighted by atomic mass is 16.7. The molecule has 2 saturated heterocycles. The van der Waals surface area contributed by atoms with Gasteiger partial charge >= 0.3 is 11.9 Å². The molecule has 0 aliphatic carbocycles. The fourth-order valence-electron chi connectivity index (χ4n) is 4.70. The molecule has 0 saturated carbocycles. The van der Waals surface area contributed by atoms with Gasteiger partial charge in [0.2, 0.25) is 17.7 Å².